The summed E-state index contributed by atoms with van der Waals surface area (Å²) in [5, 5.41) is 12.2. The molecule has 0 fully saturated rings. The van der Waals surface area contributed by atoms with Gasteiger partial charge in [0.2, 0.25) is 0 Å². The SMILES string of the molecule is Cc1cccc(OCCOc2ccc(Cl)cc2/C=N\n2cnnc2)c1. The van der Waals surface area contributed by atoms with Crippen LogP contribution in [0, 0.1) is 6.92 Å². The first-order valence-electron chi connectivity index (χ1n) is 7.71. The number of aromatic nitrogens is 3. The molecule has 0 bridgehead atoms. The molecule has 0 aliphatic carbocycles. The highest BCUT2D eigenvalue weighted by Gasteiger charge is 2.04. The van der Waals surface area contributed by atoms with E-state index in [4.69, 9.17) is 21.1 Å². The first-order valence-corrected chi connectivity index (χ1v) is 8.09. The first kappa shape index (κ1) is 17.0. The van der Waals surface area contributed by atoms with Gasteiger partial charge in [-0.2, -0.15) is 5.10 Å². The molecule has 6 nitrogen and oxygen atoms in total. The van der Waals surface area contributed by atoms with Crippen molar-refractivity contribution < 1.29 is 9.47 Å². The zero-order chi connectivity index (χ0) is 17.5. The van der Waals surface area contributed by atoms with Crippen molar-refractivity contribution >= 4 is 17.8 Å². The fourth-order valence-corrected chi connectivity index (χ4v) is 2.33. The van der Waals surface area contributed by atoms with Gasteiger partial charge in [0.25, 0.3) is 0 Å². The summed E-state index contributed by atoms with van der Waals surface area (Å²) < 4.78 is 13.0. The number of hydrogen-bond acceptors (Lipinski definition) is 5. The molecule has 0 aliphatic heterocycles. The molecule has 0 spiro atoms. The minimum atomic E-state index is 0.406. The van der Waals surface area contributed by atoms with E-state index in [-0.39, 0.29) is 0 Å². The van der Waals surface area contributed by atoms with E-state index in [0.29, 0.717) is 24.0 Å². The standard InChI is InChI=1S/C18H17ClN4O2/c1-14-3-2-4-17(9-14)24-7-8-25-18-6-5-16(19)10-15(18)11-22-23-12-20-21-13-23/h2-6,9-13H,7-8H2,1H3/b22-11-. The van der Waals surface area contributed by atoms with Gasteiger partial charge in [-0.1, -0.05) is 23.7 Å². The van der Waals surface area contributed by atoms with Gasteiger partial charge >= 0.3 is 0 Å². The lowest BCUT2D eigenvalue weighted by molar-refractivity contribution is 0.217. The summed E-state index contributed by atoms with van der Waals surface area (Å²) in [6.07, 6.45) is 4.64. The Morgan fingerprint density at radius 2 is 1.88 bits per heavy atom. The number of benzene rings is 2. The number of nitrogens with zero attached hydrogens (tertiary/aromatic N) is 4. The Bertz CT molecular complexity index is 850. The molecule has 2 aromatic carbocycles. The van der Waals surface area contributed by atoms with Gasteiger partial charge in [-0.25, -0.2) is 4.68 Å². The molecule has 25 heavy (non-hydrogen) atoms. The van der Waals surface area contributed by atoms with Crippen molar-refractivity contribution in [3.8, 4) is 11.5 Å². The zero-order valence-corrected chi connectivity index (χ0v) is 14.4. The lowest BCUT2D eigenvalue weighted by atomic mass is 10.2. The van der Waals surface area contributed by atoms with E-state index < -0.39 is 0 Å². The fourth-order valence-electron chi connectivity index (χ4n) is 2.15. The fraction of sp³-hybridized carbons (Fsp3) is 0.167. The number of hydrogen-bond donors (Lipinski definition) is 0. The third-order valence-electron chi connectivity index (χ3n) is 3.31. The number of rotatable bonds is 7. The lowest BCUT2D eigenvalue weighted by Gasteiger charge is -2.11. The monoisotopic (exact) mass is 356 g/mol. The van der Waals surface area contributed by atoms with Crippen molar-refractivity contribution in [3.63, 3.8) is 0 Å². The molecule has 0 atom stereocenters. The Morgan fingerprint density at radius 1 is 1.08 bits per heavy atom. The summed E-state index contributed by atoms with van der Waals surface area (Å²) in [5.41, 5.74) is 1.92. The molecule has 0 amide bonds. The molecule has 7 heteroatoms. The van der Waals surface area contributed by atoms with E-state index in [1.807, 2.05) is 37.3 Å². The largest absolute Gasteiger partial charge is 0.490 e. The quantitative estimate of drug-likeness (QED) is 0.479. The minimum absolute atomic E-state index is 0.406. The maximum atomic E-state index is 6.06. The van der Waals surface area contributed by atoms with Crippen molar-refractivity contribution in [1.29, 1.82) is 0 Å². The van der Waals surface area contributed by atoms with E-state index in [2.05, 4.69) is 15.3 Å². The van der Waals surface area contributed by atoms with Crippen LogP contribution in [-0.4, -0.2) is 34.3 Å². The first-order chi connectivity index (χ1) is 12.2. The zero-order valence-electron chi connectivity index (χ0n) is 13.7. The van der Waals surface area contributed by atoms with Gasteiger partial charge in [-0.3, -0.25) is 0 Å². The Balaban J connectivity index is 1.60. The van der Waals surface area contributed by atoms with E-state index >= 15 is 0 Å². The highest BCUT2D eigenvalue weighted by molar-refractivity contribution is 6.30. The van der Waals surface area contributed by atoms with Gasteiger partial charge in [0.15, 0.2) is 0 Å². The van der Waals surface area contributed by atoms with Gasteiger partial charge in [0.1, 0.15) is 37.4 Å². The molecular formula is C18H17ClN4O2. The van der Waals surface area contributed by atoms with Crippen LogP contribution in [0.2, 0.25) is 5.02 Å². The van der Waals surface area contributed by atoms with Crippen LogP contribution in [0.1, 0.15) is 11.1 Å². The summed E-state index contributed by atoms with van der Waals surface area (Å²) in [7, 11) is 0. The average molecular weight is 357 g/mol. The van der Waals surface area contributed by atoms with Crippen molar-refractivity contribution in [1.82, 2.24) is 14.9 Å². The third-order valence-corrected chi connectivity index (χ3v) is 3.54. The topological polar surface area (TPSA) is 61.5 Å². The van der Waals surface area contributed by atoms with Crippen molar-refractivity contribution in [2.75, 3.05) is 13.2 Å². The molecule has 0 N–H and O–H groups in total. The van der Waals surface area contributed by atoms with E-state index in [1.165, 1.54) is 17.3 Å². The van der Waals surface area contributed by atoms with Crippen LogP contribution in [0.15, 0.2) is 60.2 Å². The molecule has 0 saturated carbocycles. The molecule has 0 saturated heterocycles. The predicted octanol–water partition coefficient (Wildman–Crippen LogP) is 3.58. The number of aryl methyl sites for hydroxylation is 1. The van der Waals surface area contributed by atoms with Gasteiger partial charge in [0, 0.05) is 10.6 Å². The minimum Gasteiger partial charge on any atom is -0.490 e. The molecule has 0 radical (unpaired) electrons. The van der Waals surface area contributed by atoms with Crippen molar-refractivity contribution in [2.45, 2.75) is 6.92 Å². The van der Waals surface area contributed by atoms with Crippen LogP contribution in [-0.2, 0) is 0 Å². The Hall–Kier alpha value is -2.86. The Morgan fingerprint density at radius 3 is 2.68 bits per heavy atom. The van der Waals surface area contributed by atoms with Crippen LogP contribution in [0.4, 0.5) is 0 Å². The lowest BCUT2D eigenvalue weighted by Crippen LogP contribution is -2.10. The van der Waals surface area contributed by atoms with Gasteiger partial charge < -0.3 is 9.47 Å². The van der Waals surface area contributed by atoms with Crippen LogP contribution in [0.3, 0.4) is 0 Å². The van der Waals surface area contributed by atoms with Crippen LogP contribution in [0.25, 0.3) is 0 Å². The highest BCUT2D eigenvalue weighted by Crippen LogP contribution is 2.21. The number of ether oxygens (including phenoxy) is 2. The van der Waals surface area contributed by atoms with Gasteiger partial charge in [0.05, 0.1) is 6.21 Å². The molecule has 3 aromatic rings. The normalized spacial score (nSPS) is 11.0. The Labute approximate surface area is 150 Å². The second kappa shape index (κ2) is 8.30. The summed E-state index contributed by atoms with van der Waals surface area (Å²) in [6.45, 7) is 2.87. The molecule has 0 aliphatic rings. The van der Waals surface area contributed by atoms with Gasteiger partial charge in [-0.15, -0.1) is 10.2 Å². The van der Waals surface area contributed by atoms with Gasteiger partial charge in [-0.05, 0) is 42.8 Å². The van der Waals surface area contributed by atoms with E-state index in [9.17, 15) is 0 Å². The predicted molar refractivity (Wildman–Crippen MR) is 96.6 cm³/mol. The third kappa shape index (κ3) is 5.06. The number of halogens is 1. The molecule has 3 rings (SSSR count). The van der Waals surface area contributed by atoms with Crippen LogP contribution in [0.5, 0.6) is 11.5 Å². The second-order valence-corrected chi connectivity index (χ2v) is 5.72. The summed E-state index contributed by atoms with van der Waals surface area (Å²) >= 11 is 6.06. The van der Waals surface area contributed by atoms with Crippen LogP contribution >= 0.6 is 11.6 Å². The molecule has 128 valence electrons. The Kier molecular flexibility index (Phi) is 5.64. The highest BCUT2D eigenvalue weighted by atomic mass is 35.5. The molecular weight excluding hydrogens is 340 g/mol. The van der Waals surface area contributed by atoms with Crippen molar-refractivity contribution in [2.24, 2.45) is 5.10 Å². The van der Waals surface area contributed by atoms with Crippen molar-refractivity contribution in [3.05, 3.63) is 71.3 Å². The summed E-state index contributed by atoms with van der Waals surface area (Å²) in [5.74, 6) is 1.50. The maximum Gasteiger partial charge on any atom is 0.141 e. The molecule has 0 unspecified atom stereocenters. The second-order valence-electron chi connectivity index (χ2n) is 5.28. The average Bonchev–Trinajstić information content (AvgIpc) is 3.12. The van der Waals surface area contributed by atoms with E-state index in [0.717, 1.165) is 16.9 Å². The smallest absolute Gasteiger partial charge is 0.141 e. The maximum absolute atomic E-state index is 6.06. The van der Waals surface area contributed by atoms with Crippen LogP contribution < -0.4 is 9.47 Å². The molecule has 1 aromatic heterocycles. The summed E-state index contributed by atoms with van der Waals surface area (Å²) in [4.78, 5) is 0. The van der Waals surface area contributed by atoms with E-state index in [1.54, 1.807) is 18.3 Å². The molecule has 1 heterocycles. The summed E-state index contributed by atoms with van der Waals surface area (Å²) in [6, 6.07) is 13.3.